The molecule has 0 radical (unpaired) electrons. The maximum Gasteiger partial charge on any atom is 0.225 e. The lowest BCUT2D eigenvalue weighted by atomic mass is 10.0. The molecule has 98 valence electrons. The van der Waals surface area contributed by atoms with Crippen LogP contribution in [0.2, 0.25) is 0 Å². The standard InChI is InChI=1S/C14H22N4/c1-11-8-16-14(17-9-11)18(13-5-6-13)10-12-4-2-3-7-15-12/h8-9,12-13,15H,2-7,10H2,1H3. The van der Waals surface area contributed by atoms with Crippen molar-refractivity contribution in [2.75, 3.05) is 18.0 Å². The molecule has 4 nitrogen and oxygen atoms in total. The summed E-state index contributed by atoms with van der Waals surface area (Å²) < 4.78 is 0. The monoisotopic (exact) mass is 246 g/mol. The summed E-state index contributed by atoms with van der Waals surface area (Å²) in [5, 5.41) is 3.62. The molecule has 0 spiro atoms. The lowest BCUT2D eigenvalue weighted by Crippen LogP contribution is -2.45. The summed E-state index contributed by atoms with van der Waals surface area (Å²) in [5.74, 6) is 0.912. The van der Waals surface area contributed by atoms with Gasteiger partial charge in [0.25, 0.3) is 0 Å². The van der Waals surface area contributed by atoms with Gasteiger partial charge in [-0.1, -0.05) is 6.42 Å². The van der Waals surface area contributed by atoms with Crippen LogP contribution in [0.15, 0.2) is 12.4 Å². The predicted molar refractivity (Wildman–Crippen MR) is 72.8 cm³/mol. The highest BCUT2D eigenvalue weighted by molar-refractivity contribution is 5.34. The van der Waals surface area contributed by atoms with E-state index in [4.69, 9.17) is 0 Å². The zero-order valence-electron chi connectivity index (χ0n) is 11.1. The molecule has 1 unspecified atom stereocenters. The molecule has 1 saturated heterocycles. The van der Waals surface area contributed by atoms with Crippen molar-refractivity contribution < 1.29 is 0 Å². The first-order chi connectivity index (χ1) is 8.83. The van der Waals surface area contributed by atoms with Crippen LogP contribution >= 0.6 is 0 Å². The van der Waals surface area contributed by atoms with Gasteiger partial charge in [-0.05, 0) is 44.7 Å². The summed E-state index contributed by atoms with van der Waals surface area (Å²) in [6.45, 7) is 4.26. The molecule has 0 amide bonds. The molecule has 3 rings (SSSR count). The van der Waals surface area contributed by atoms with Gasteiger partial charge in [-0.25, -0.2) is 9.97 Å². The molecule has 1 aliphatic carbocycles. The Bertz CT molecular complexity index is 379. The van der Waals surface area contributed by atoms with Gasteiger partial charge in [0.05, 0.1) is 0 Å². The van der Waals surface area contributed by atoms with E-state index in [1.807, 2.05) is 19.3 Å². The van der Waals surface area contributed by atoms with E-state index in [9.17, 15) is 0 Å². The van der Waals surface area contributed by atoms with Crippen LogP contribution in [0, 0.1) is 6.92 Å². The molecule has 0 bridgehead atoms. The topological polar surface area (TPSA) is 41.1 Å². The van der Waals surface area contributed by atoms with Crippen LogP contribution in [0.25, 0.3) is 0 Å². The van der Waals surface area contributed by atoms with Crippen LogP contribution in [0.3, 0.4) is 0 Å². The van der Waals surface area contributed by atoms with Crippen molar-refractivity contribution in [1.82, 2.24) is 15.3 Å². The van der Waals surface area contributed by atoms with E-state index in [1.165, 1.54) is 32.1 Å². The van der Waals surface area contributed by atoms with Gasteiger partial charge >= 0.3 is 0 Å². The van der Waals surface area contributed by atoms with E-state index >= 15 is 0 Å². The molecule has 2 aliphatic rings. The molecule has 2 heterocycles. The highest BCUT2D eigenvalue weighted by Crippen LogP contribution is 2.30. The second kappa shape index (κ2) is 5.22. The Morgan fingerprint density at radius 3 is 2.61 bits per heavy atom. The lowest BCUT2D eigenvalue weighted by Gasteiger charge is -2.30. The van der Waals surface area contributed by atoms with Crippen LogP contribution in [-0.2, 0) is 0 Å². The predicted octanol–water partition coefficient (Wildman–Crippen LogP) is 1.90. The summed E-state index contributed by atoms with van der Waals surface area (Å²) in [5.41, 5.74) is 1.13. The number of aromatic nitrogens is 2. The van der Waals surface area contributed by atoms with E-state index in [-0.39, 0.29) is 0 Å². The highest BCUT2D eigenvalue weighted by Gasteiger charge is 2.32. The Kier molecular flexibility index (Phi) is 3.46. The summed E-state index contributed by atoms with van der Waals surface area (Å²) in [6, 6.07) is 1.29. The Morgan fingerprint density at radius 2 is 2.00 bits per heavy atom. The van der Waals surface area contributed by atoms with Crippen LogP contribution in [0.4, 0.5) is 5.95 Å². The first-order valence-corrected chi connectivity index (χ1v) is 7.11. The SMILES string of the molecule is Cc1cnc(N(CC2CCCCN2)C2CC2)nc1. The molecule has 1 aromatic heterocycles. The average Bonchev–Trinajstić information content (AvgIpc) is 3.23. The average molecular weight is 246 g/mol. The van der Waals surface area contributed by atoms with Crippen LogP contribution in [-0.4, -0.2) is 35.1 Å². The molecular weight excluding hydrogens is 224 g/mol. The second-order valence-corrected chi connectivity index (χ2v) is 5.59. The number of anilines is 1. The summed E-state index contributed by atoms with van der Waals surface area (Å²) in [6.07, 6.45) is 10.4. The van der Waals surface area contributed by atoms with E-state index < -0.39 is 0 Å². The van der Waals surface area contributed by atoms with Crippen molar-refractivity contribution >= 4 is 5.95 Å². The zero-order valence-corrected chi connectivity index (χ0v) is 11.1. The minimum Gasteiger partial charge on any atom is -0.336 e. The molecule has 18 heavy (non-hydrogen) atoms. The molecule has 1 saturated carbocycles. The number of piperidine rings is 1. The fourth-order valence-electron chi connectivity index (χ4n) is 2.63. The van der Waals surface area contributed by atoms with Crippen LogP contribution in [0.1, 0.15) is 37.7 Å². The van der Waals surface area contributed by atoms with Crippen molar-refractivity contribution in [3.63, 3.8) is 0 Å². The van der Waals surface area contributed by atoms with Crippen molar-refractivity contribution in [2.45, 2.75) is 51.1 Å². The molecule has 1 aromatic rings. The molecular formula is C14H22N4. The number of nitrogens with one attached hydrogen (secondary N) is 1. The van der Waals surface area contributed by atoms with Gasteiger partial charge in [-0.3, -0.25) is 0 Å². The number of hydrogen-bond acceptors (Lipinski definition) is 4. The normalized spacial score (nSPS) is 23.9. The number of nitrogens with zero attached hydrogens (tertiary/aromatic N) is 3. The van der Waals surface area contributed by atoms with Gasteiger partial charge in [0.1, 0.15) is 0 Å². The van der Waals surface area contributed by atoms with E-state index in [0.717, 1.165) is 24.6 Å². The van der Waals surface area contributed by atoms with Crippen molar-refractivity contribution in [2.24, 2.45) is 0 Å². The third-order valence-electron chi connectivity index (χ3n) is 3.84. The smallest absolute Gasteiger partial charge is 0.225 e. The van der Waals surface area contributed by atoms with Crippen molar-refractivity contribution in [1.29, 1.82) is 0 Å². The summed E-state index contributed by atoms with van der Waals surface area (Å²) in [7, 11) is 0. The molecule has 1 N–H and O–H groups in total. The molecule has 1 atom stereocenters. The molecule has 0 aromatic carbocycles. The van der Waals surface area contributed by atoms with Gasteiger partial charge in [0.2, 0.25) is 5.95 Å². The minimum atomic E-state index is 0.615. The van der Waals surface area contributed by atoms with Crippen LogP contribution < -0.4 is 10.2 Å². The van der Waals surface area contributed by atoms with E-state index in [0.29, 0.717) is 12.1 Å². The lowest BCUT2D eigenvalue weighted by molar-refractivity contribution is 0.397. The summed E-state index contributed by atoms with van der Waals surface area (Å²) >= 11 is 0. The third kappa shape index (κ3) is 2.80. The van der Waals surface area contributed by atoms with Gasteiger partial charge in [-0.15, -0.1) is 0 Å². The van der Waals surface area contributed by atoms with Gasteiger partial charge < -0.3 is 10.2 Å². The first kappa shape index (κ1) is 11.9. The van der Waals surface area contributed by atoms with Gasteiger partial charge in [-0.2, -0.15) is 0 Å². The Balaban J connectivity index is 1.69. The molecule has 1 aliphatic heterocycles. The number of hydrogen-bond donors (Lipinski definition) is 1. The second-order valence-electron chi connectivity index (χ2n) is 5.59. The van der Waals surface area contributed by atoms with Gasteiger partial charge in [0, 0.05) is 31.0 Å². The largest absolute Gasteiger partial charge is 0.336 e. The quantitative estimate of drug-likeness (QED) is 0.881. The Hall–Kier alpha value is -1.16. The molecule has 2 fully saturated rings. The zero-order chi connectivity index (χ0) is 12.4. The number of aryl methyl sites for hydroxylation is 1. The highest BCUT2D eigenvalue weighted by atomic mass is 15.3. The first-order valence-electron chi connectivity index (χ1n) is 7.11. The Labute approximate surface area is 109 Å². The Morgan fingerprint density at radius 1 is 1.22 bits per heavy atom. The van der Waals surface area contributed by atoms with E-state index in [1.54, 1.807) is 0 Å². The fourth-order valence-corrected chi connectivity index (χ4v) is 2.63. The van der Waals surface area contributed by atoms with Crippen LogP contribution in [0.5, 0.6) is 0 Å². The minimum absolute atomic E-state index is 0.615. The van der Waals surface area contributed by atoms with Crippen molar-refractivity contribution in [3.8, 4) is 0 Å². The summed E-state index contributed by atoms with van der Waals surface area (Å²) in [4.78, 5) is 11.4. The third-order valence-corrected chi connectivity index (χ3v) is 3.84. The maximum absolute atomic E-state index is 4.49. The fraction of sp³-hybridized carbons (Fsp3) is 0.714. The van der Waals surface area contributed by atoms with Crippen molar-refractivity contribution in [3.05, 3.63) is 18.0 Å². The van der Waals surface area contributed by atoms with E-state index in [2.05, 4.69) is 20.2 Å². The maximum atomic E-state index is 4.49. The molecule has 4 heteroatoms. The number of rotatable bonds is 4. The van der Waals surface area contributed by atoms with Gasteiger partial charge in [0.15, 0.2) is 0 Å².